The average Bonchev–Trinajstić information content (AvgIpc) is 3.08. The summed E-state index contributed by atoms with van der Waals surface area (Å²) in [6, 6.07) is 6.99. The van der Waals surface area contributed by atoms with Crippen molar-refractivity contribution in [3.63, 3.8) is 0 Å². The molecule has 102 valence electrons. The van der Waals surface area contributed by atoms with E-state index in [2.05, 4.69) is 36.7 Å². The van der Waals surface area contributed by atoms with Gasteiger partial charge in [0.05, 0.1) is 3.79 Å². The van der Waals surface area contributed by atoms with Crippen LogP contribution in [0.5, 0.6) is 0 Å². The van der Waals surface area contributed by atoms with Gasteiger partial charge in [0.1, 0.15) is 18.3 Å². The Bertz CT molecular complexity index is 711. The summed E-state index contributed by atoms with van der Waals surface area (Å²) in [6.07, 6.45) is 2.84. The van der Waals surface area contributed by atoms with Crippen molar-refractivity contribution >= 4 is 33.0 Å². The topological polar surface area (TPSA) is 42.7 Å². The van der Waals surface area contributed by atoms with Gasteiger partial charge >= 0.3 is 0 Å². The normalized spacial score (nSPS) is 10.7. The Kier molecular flexibility index (Phi) is 3.79. The second-order valence-corrected chi connectivity index (χ2v) is 6.41. The maximum Gasteiger partial charge on any atom is 0.150 e. The highest BCUT2D eigenvalue weighted by molar-refractivity contribution is 9.11. The lowest BCUT2D eigenvalue weighted by molar-refractivity contribution is 0.611. The Morgan fingerprint density at radius 1 is 1.35 bits per heavy atom. The summed E-state index contributed by atoms with van der Waals surface area (Å²) in [4.78, 5) is 3.81. The molecule has 2 heterocycles. The molecule has 0 saturated carbocycles. The zero-order chi connectivity index (χ0) is 13.9. The molecule has 3 aromatic rings. The monoisotopic (exact) mass is 352 g/mol. The first-order valence-corrected chi connectivity index (χ1v) is 7.51. The largest absolute Gasteiger partial charge is 0.381 e. The fourth-order valence-corrected chi connectivity index (χ4v) is 2.99. The molecular formula is C13H10BrFN4S. The minimum Gasteiger partial charge on any atom is -0.381 e. The van der Waals surface area contributed by atoms with Crippen LogP contribution in [0, 0.1) is 5.82 Å². The van der Waals surface area contributed by atoms with Crippen molar-refractivity contribution in [2.75, 3.05) is 5.32 Å². The van der Waals surface area contributed by atoms with Gasteiger partial charge in [-0.05, 0) is 51.1 Å². The molecule has 3 rings (SSSR count). The molecule has 0 radical (unpaired) electrons. The van der Waals surface area contributed by atoms with Crippen LogP contribution in [0.2, 0.25) is 0 Å². The van der Waals surface area contributed by atoms with Gasteiger partial charge in [0.2, 0.25) is 0 Å². The summed E-state index contributed by atoms with van der Waals surface area (Å²) in [7, 11) is 0. The van der Waals surface area contributed by atoms with Gasteiger partial charge in [-0.3, -0.25) is 0 Å². The molecule has 0 aliphatic carbocycles. The third-order valence-electron chi connectivity index (χ3n) is 2.73. The molecule has 0 aliphatic heterocycles. The highest BCUT2D eigenvalue weighted by Crippen LogP contribution is 2.22. The number of nitrogens with one attached hydrogen (secondary N) is 1. The number of thiophene rings is 1. The molecule has 7 heteroatoms. The van der Waals surface area contributed by atoms with E-state index in [1.54, 1.807) is 17.4 Å². The minimum absolute atomic E-state index is 0.341. The molecule has 4 nitrogen and oxygen atoms in total. The van der Waals surface area contributed by atoms with Crippen molar-refractivity contribution in [1.29, 1.82) is 0 Å². The van der Waals surface area contributed by atoms with E-state index in [-0.39, 0.29) is 5.82 Å². The summed E-state index contributed by atoms with van der Waals surface area (Å²) in [6.45, 7) is 0.657. The Morgan fingerprint density at radius 2 is 2.25 bits per heavy atom. The first-order chi connectivity index (χ1) is 9.72. The van der Waals surface area contributed by atoms with Crippen molar-refractivity contribution < 1.29 is 4.39 Å². The zero-order valence-electron chi connectivity index (χ0n) is 10.3. The van der Waals surface area contributed by atoms with Gasteiger partial charge in [-0.1, -0.05) is 0 Å². The summed E-state index contributed by atoms with van der Waals surface area (Å²) in [5.74, 6) is -0.341. The average molecular weight is 353 g/mol. The van der Waals surface area contributed by atoms with Crippen molar-refractivity contribution in [1.82, 2.24) is 14.8 Å². The van der Waals surface area contributed by atoms with Crippen molar-refractivity contribution in [2.24, 2.45) is 0 Å². The van der Waals surface area contributed by atoms with E-state index < -0.39 is 0 Å². The van der Waals surface area contributed by atoms with Crippen LogP contribution in [0.25, 0.3) is 5.69 Å². The van der Waals surface area contributed by atoms with E-state index in [1.165, 1.54) is 23.4 Å². The zero-order valence-corrected chi connectivity index (χ0v) is 12.7. The van der Waals surface area contributed by atoms with Crippen LogP contribution in [-0.2, 0) is 6.54 Å². The molecular weight excluding hydrogens is 343 g/mol. The maximum atomic E-state index is 14.0. The minimum atomic E-state index is -0.341. The fraction of sp³-hybridized carbons (Fsp3) is 0.0769. The van der Waals surface area contributed by atoms with Crippen molar-refractivity contribution in [3.8, 4) is 5.69 Å². The number of benzene rings is 1. The Morgan fingerprint density at radius 3 is 2.90 bits per heavy atom. The van der Waals surface area contributed by atoms with E-state index in [4.69, 9.17) is 0 Å². The van der Waals surface area contributed by atoms with Gasteiger partial charge < -0.3 is 5.32 Å². The number of hydrogen-bond donors (Lipinski definition) is 1. The molecule has 0 bridgehead atoms. The summed E-state index contributed by atoms with van der Waals surface area (Å²) >= 11 is 5.04. The number of rotatable bonds is 4. The molecule has 0 fully saturated rings. The van der Waals surface area contributed by atoms with E-state index in [0.717, 1.165) is 15.0 Å². The SMILES string of the molecule is Fc1cc(NCc2csc(Br)c2)ccc1-n1cncn1. The molecule has 0 aliphatic rings. The van der Waals surface area contributed by atoms with Crippen LogP contribution in [0.4, 0.5) is 10.1 Å². The predicted octanol–water partition coefficient (Wildman–Crippen LogP) is 3.84. The van der Waals surface area contributed by atoms with E-state index in [0.29, 0.717) is 12.2 Å². The van der Waals surface area contributed by atoms with Crippen LogP contribution >= 0.6 is 27.3 Å². The van der Waals surface area contributed by atoms with Crippen LogP contribution in [0.15, 0.2) is 46.1 Å². The molecule has 1 N–H and O–H groups in total. The van der Waals surface area contributed by atoms with Gasteiger partial charge in [-0.25, -0.2) is 14.1 Å². The smallest absolute Gasteiger partial charge is 0.150 e. The van der Waals surface area contributed by atoms with Crippen LogP contribution in [-0.4, -0.2) is 14.8 Å². The molecule has 0 spiro atoms. The summed E-state index contributed by atoms with van der Waals surface area (Å²) < 4.78 is 16.5. The number of hydrogen-bond acceptors (Lipinski definition) is 4. The van der Waals surface area contributed by atoms with E-state index in [1.807, 2.05) is 12.1 Å². The number of anilines is 1. The molecule has 2 aromatic heterocycles. The molecule has 0 saturated heterocycles. The molecule has 0 unspecified atom stereocenters. The molecule has 0 atom stereocenters. The second kappa shape index (κ2) is 5.72. The lowest BCUT2D eigenvalue weighted by atomic mass is 10.2. The lowest BCUT2D eigenvalue weighted by Crippen LogP contribution is -2.02. The quantitative estimate of drug-likeness (QED) is 0.775. The van der Waals surface area contributed by atoms with Crippen LogP contribution < -0.4 is 5.32 Å². The third kappa shape index (κ3) is 2.88. The Labute approximate surface area is 127 Å². The number of nitrogens with zero attached hydrogens (tertiary/aromatic N) is 3. The van der Waals surface area contributed by atoms with Crippen LogP contribution in [0.3, 0.4) is 0 Å². The Balaban J connectivity index is 1.74. The van der Waals surface area contributed by atoms with Gasteiger partial charge in [0.15, 0.2) is 5.82 Å². The lowest BCUT2D eigenvalue weighted by Gasteiger charge is -2.08. The molecule has 1 aromatic carbocycles. The fourth-order valence-electron chi connectivity index (χ4n) is 1.78. The highest BCUT2D eigenvalue weighted by atomic mass is 79.9. The van der Waals surface area contributed by atoms with E-state index in [9.17, 15) is 4.39 Å². The van der Waals surface area contributed by atoms with Gasteiger partial charge in [-0.2, -0.15) is 5.10 Å². The standard InChI is InChI=1S/C13H10BrFN4S/c14-13-3-9(6-20-13)5-17-10-1-2-12(11(15)4-10)19-8-16-7-18-19/h1-4,6-8,17H,5H2. The maximum absolute atomic E-state index is 14.0. The predicted molar refractivity (Wildman–Crippen MR) is 80.7 cm³/mol. The summed E-state index contributed by atoms with van der Waals surface area (Å²) in [5.41, 5.74) is 2.27. The van der Waals surface area contributed by atoms with Crippen LogP contribution in [0.1, 0.15) is 5.56 Å². The van der Waals surface area contributed by atoms with E-state index >= 15 is 0 Å². The van der Waals surface area contributed by atoms with Gasteiger partial charge in [-0.15, -0.1) is 11.3 Å². The van der Waals surface area contributed by atoms with Crippen molar-refractivity contribution in [3.05, 3.63) is 57.5 Å². The third-order valence-corrected chi connectivity index (χ3v) is 4.28. The van der Waals surface area contributed by atoms with Gasteiger partial charge in [0.25, 0.3) is 0 Å². The number of halogens is 2. The van der Waals surface area contributed by atoms with Crippen molar-refractivity contribution in [2.45, 2.75) is 6.54 Å². The molecule has 0 amide bonds. The highest BCUT2D eigenvalue weighted by Gasteiger charge is 2.06. The second-order valence-electron chi connectivity index (χ2n) is 4.12. The Hall–Kier alpha value is -1.73. The first kappa shape index (κ1) is 13.3. The number of aromatic nitrogens is 3. The summed E-state index contributed by atoms with van der Waals surface area (Å²) in [5, 5.41) is 9.16. The molecule has 20 heavy (non-hydrogen) atoms. The first-order valence-electron chi connectivity index (χ1n) is 5.84. The van der Waals surface area contributed by atoms with Gasteiger partial charge in [0, 0.05) is 12.2 Å².